The second-order valence-electron chi connectivity index (χ2n) is 3.97. The van der Waals surface area contributed by atoms with Gasteiger partial charge in [0.1, 0.15) is 12.1 Å². The SMILES string of the molecule is Cc1cc(CSc2nncn2C2CC2)no1. The van der Waals surface area contributed by atoms with Crippen molar-refractivity contribution in [2.75, 3.05) is 0 Å². The largest absolute Gasteiger partial charge is 0.361 e. The van der Waals surface area contributed by atoms with E-state index in [4.69, 9.17) is 4.52 Å². The fourth-order valence-electron chi connectivity index (χ4n) is 1.56. The van der Waals surface area contributed by atoms with E-state index in [1.165, 1.54) is 12.8 Å². The standard InChI is InChI=1S/C10H12N4OS/c1-7-4-8(13-15-7)5-16-10-12-11-6-14(10)9-2-3-9/h4,6,9H,2-3,5H2,1H3. The van der Waals surface area contributed by atoms with Gasteiger partial charge in [-0.05, 0) is 19.8 Å². The molecule has 0 N–H and O–H groups in total. The highest BCUT2D eigenvalue weighted by Gasteiger charge is 2.26. The molecular weight excluding hydrogens is 224 g/mol. The summed E-state index contributed by atoms with van der Waals surface area (Å²) in [6.45, 7) is 1.90. The van der Waals surface area contributed by atoms with E-state index in [-0.39, 0.29) is 0 Å². The first kappa shape index (κ1) is 9.89. The second kappa shape index (κ2) is 3.93. The van der Waals surface area contributed by atoms with Gasteiger partial charge in [-0.15, -0.1) is 10.2 Å². The Labute approximate surface area is 97.2 Å². The Bertz CT molecular complexity index is 488. The molecule has 2 aromatic heterocycles. The van der Waals surface area contributed by atoms with Crippen LogP contribution in [-0.2, 0) is 5.75 Å². The maximum atomic E-state index is 5.02. The summed E-state index contributed by atoms with van der Waals surface area (Å²) in [6, 6.07) is 2.57. The predicted molar refractivity (Wildman–Crippen MR) is 59.1 cm³/mol. The predicted octanol–water partition coefficient (Wildman–Crippen LogP) is 2.20. The zero-order chi connectivity index (χ0) is 11.0. The van der Waals surface area contributed by atoms with E-state index < -0.39 is 0 Å². The molecule has 0 radical (unpaired) electrons. The lowest BCUT2D eigenvalue weighted by Crippen LogP contribution is -1.94. The van der Waals surface area contributed by atoms with Gasteiger partial charge in [-0.1, -0.05) is 16.9 Å². The van der Waals surface area contributed by atoms with E-state index >= 15 is 0 Å². The van der Waals surface area contributed by atoms with Gasteiger partial charge in [0.25, 0.3) is 0 Å². The van der Waals surface area contributed by atoms with Crippen molar-refractivity contribution in [1.82, 2.24) is 19.9 Å². The number of thioether (sulfide) groups is 1. The maximum absolute atomic E-state index is 5.02. The fraction of sp³-hybridized carbons (Fsp3) is 0.500. The van der Waals surface area contributed by atoms with Gasteiger partial charge in [0, 0.05) is 17.9 Å². The van der Waals surface area contributed by atoms with Crippen molar-refractivity contribution in [1.29, 1.82) is 0 Å². The molecule has 6 heteroatoms. The van der Waals surface area contributed by atoms with Crippen LogP contribution in [0.4, 0.5) is 0 Å². The molecule has 0 saturated heterocycles. The number of hydrogen-bond donors (Lipinski definition) is 0. The van der Waals surface area contributed by atoms with E-state index in [0.29, 0.717) is 6.04 Å². The molecule has 1 saturated carbocycles. The normalized spacial score (nSPS) is 15.6. The number of hydrogen-bond acceptors (Lipinski definition) is 5. The summed E-state index contributed by atoms with van der Waals surface area (Å²) in [6.07, 6.45) is 4.30. The van der Waals surface area contributed by atoms with Crippen LogP contribution in [0.25, 0.3) is 0 Å². The van der Waals surface area contributed by atoms with Crippen molar-refractivity contribution >= 4 is 11.8 Å². The third-order valence-electron chi connectivity index (χ3n) is 2.51. The fourth-order valence-corrected chi connectivity index (χ4v) is 2.43. The minimum Gasteiger partial charge on any atom is -0.361 e. The molecule has 0 atom stereocenters. The van der Waals surface area contributed by atoms with Crippen LogP contribution in [0.3, 0.4) is 0 Å². The molecular formula is C10H12N4OS. The number of rotatable bonds is 4. The number of nitrogens with zero attached hydrogens (tertiary/aromatic N) is 4. The third-order valence-corrected chi connectivity index (χ3v) is 3.50. The summed E-state index contributed by atoms with van der Waals surface area (Å²) in [5.41, 5.74) is 0.952. The quantitative estimate of drug-likeness (QED) is 0.762. The Hall–Kier alpha value is -1.30. The maximum Gasteiger partial charge on any atom is 0.191 e. The van der Waals surface area contributed by atoms with Crippen LogP contribution in [-0.4, -0.2) is 19.9 Å². The molecule has 0 unspecified atom stereocenters. The van der Waals surface area contributed by atoms with E-state index in [2.05, 4.69) is 19.9 Å². The van der Waals surface area contributed by atoms with Crippen molar-refractivity contribution in [2.45, 2.75) is 36.7 Å². The zero-order valence-electron chi connectivity index (χ0n) is 8.96. The Morgan fingerprint density at radius 3 is 3.12 bits per heavy atom. The van der Waals surface area contributed by atoms with Crippen LogP contribution in [0.1, 0.15) is 30.3 Å². The highest BCUT2D eigenvalue weighted by atomic mass is 32.2. The highest BCUT2D eigenvalue weighted by molar-refractivity contribution is 7.98. The first-order chi connectivity index (χ1) is 7.83. The van der Waals surface area contributed by atoms with Gasteiger partial charge in [-0.3, -0.25) is 0 Å². The van der Waals surface area contributed by atoms with E-state index in [1.807, 2.05) is 19.3 Å². The summed E-state index contributed by atoms with van der Waals surface area (Å²) in [4.78, 5) is 0. The van der Waals surface area contributed by atoms with Crippen molar-refractivity contribution in [3.63, 3.8) is 0 Å². The second-order valence-corrected chi connectivity index (χ2v) is 4.91. The van der Waals surface area contributed by atoms with Gasteiger partial charge in [0.05, 0.1) is 5.69 Å². The average Bonchev–Trinajstić information content (AvgIpc) is 2.86. The van der Waals surface area contributed by atoms with Crippen LogP contribution in [0.15, 0.2) is 22.1 Å². The first-order valence-electron chi connectivity index (χ1n) is 5.27. The third kappa shape index (κ3) is 1.97. The van der Waals surface area contributed by atoms with Crippen LogP contribution < -0.4 is 0 Å². The summed E-state index contributed by atoms with van der Waals surface area (Å²) < 4.78 is 7.17. The van der Waals surface area contributed by atoms with Gasteiger partial charge in [0.15, 0.2) is 5.16 Å². The van der Waals surface area contributed by atoms with Crippen molar-refractivity contribution in [3.8, 4) is 0 Å². The summed E-state index contributed by atoms with van der Waals surface area (Å²) in [7, 11) is 0. The highest BCUT2D eigenvalue weighted by Crippen LogP contribution is 2.37. The lowest BCUT2D eigenvalue weighted by Gasteiger charge is -2.01. The van der Waals surface area contributed by atoms with Crippen molar-refractivity contribution < 1.29 is 4.52 Å². The molecule has 1 fully saturated rings. The molecule has 0 spiro atoms. The van der Waals surface area contributed by atoms with Crippen LogP contribution >= 0.6 is 11.8 Å². The Balaban J connectivity index is 1.67. The molecule has 2 aromatic rings. The number of aromatic nitrogens is 4. The molecule has 5 nitrogen and oxygen atoms in total. The molecule has 1 aliphatic carbocycles. The van der Waals surface area contributed by atoms with E-state index in [9.17, 15) is 0 Å². The molecule has 0 amide bonds. The molecule has 3 rings (SSSR count). The van der Waals surface area contributed by atoms with Crippen LogP contribution in [0, 0.1) is 6.92 Å². The van der Waals surface area contributed by atoms with Gasteiger partial charge in [-0.2, -0.15) is 0 Å². The first-order valence-corrected chi connectivity index (χ1v) is 6.26. The monoisotopic (exact) mass is 236 g/mol. The van der Waals surface area contributed by atoms with Gasteiger partial charge < -0.3 is 9.09 Å². The summed E-state index contributed by atoms with van der Waals surface area (Å²) >= 11 is 1.66. The molecule has 16 heavy (non-hydrogen) atoms. The lowest BCUT2D eigenvalue weighted by atomic mass is 10.4. The molecule has 2 heterocycles. The Kier molecular flexibility index (Phi) is 2.43. The van der Waals surface area contributed by atoms with Crippen LogP contribution in [0.5, 0.6) is 0 Å². The minimum atomic E-state index is 0.622. The molecule has 1 aliphatic rings. The van der Waals surface area contributed by atoms with Gasteiger partial charge in [0.2, 0.25) is 0 Å². The smallest absolute Gasteiger partial charge is 0.191 e. The van der Waals surface area contributed by atoms with Crippen molar-refractivity contribution in [3.05, 3.63) is 23.8 Å². The minimum absolute atomic E-state index is 0.622. The molecule has 0 aliphatic heterocycles. The van der Waals surface area contributed by atoms with Gasteiger partial charge >= 0.3 is 0 Å². The van der Waals surface area contributed by atoms with Gasteiger partial charge in [-0.25, -0.2) is 0 Å². The molecule has 0 bridgehead atoms. The lowest BCUT2D eigenvalue weighted by molar-refractivity contribution is 0.393. The van der Waals surface area contributed by atoms with E-state index in [0.717, 1.165) is 22.4 Å². The average molecular weight is 236 g/mol. The molecule has 0 aromatic carbocycles. The Morgan fingerprint density at radius 2 is 2.44 bits per heavy atom. The summed E-state index contributed by atoms with van der Waals surface area (Å²) in [5, 5.41) is 13.0. The number of aryl methyl sites for hydroxylation is 1. The Morgan fingerprint density at radius 1 is 1.56 bits per heavy atom. The van der Waals surface area contributed by atoms with Crippen LogP contribution in [0.2, 0.25) is 0 Å². The topological polar surface area (TPSA) is 56.7 Å². The van der Waals surface area contributed by atoms with E-state index in [1.54, 1.807) is 11.8 Å². The molecule has 84 valence electrons. The van der Waals surface area contributed by atoms with Crippen molar-refractivity contribution in [2.24, 2.45) is 0 Å². The zero-order valence-corrected chi connectivity index (χ0v) is 9.78. The summed E-state index contributed by atoms with van der Waals surface area (Å²) in [5.74, 6) is 1.63.